The lowest BCUT2D eigenvalue weighted by molar-refractivity contribution is 0.669. The molecule has 2 aliphatic heterocycles. The van der Waals surface area contributed by atoms with Crippen LogP contribution in [0.2, 0.25) is 0 Å². The SMILES string of the molecule is CCCCc1ccc2c3ccc(CCCC)c4c3n(c2c1)-c1cc2oc3ccccc3c2c2c1B4n1c3ccccc3c3cccc-2c31. The van der Waals surface area contributed by atoms with Crippen molar-refractivity contribution in [2.24, 2.45) is 0 Å². The van der Waals surface area contributed by atoms with Gasteiger partial charge >= 0.3 is 6.85 Å². The van der Waals surface area contributed by atoms with Crippen LogP contribution < -0.4 is 10.9 Å². The molecule has 230 valence electrons. The first-order valence-corrected chi connectivity index (χ1v) is 17.9. The smallest absolute Gasteiger partial charge is 0.333 e. The molecule has 0 fully saturated rings. The van der Waals surface area contributed by atoms with Crippen molar-refractivity contribution in [2.75, 3.05) is 0 Å². The second kappa shape index (κ2) is 9.67. The van der Waals surface area contributed by atoms with E-state index in [-0.39, 0.29) is 6.85 Å². The van der Waals surface area contributed by atoms with Gasteiger partial charge in [-0.3, -0.25) is 0 Å². The van der Waals surface area contributed by atoms with Gasteiger partial charge in [-0.2, -0.15) is 0 Å². The molecule has 9 aromatic rings. The van der Waals surface area contributed by atoms with Gasteiger partial charge in [0.25, 0.3) is 0 Å². The van der Waals surface area contributed by atoms with Crippen LogP contribution in [0, 0.1) is 0 Å². The molecule has 0 aliphatic carbocycles. The fourth-order valence-electron chi connectivity index (χ4n) is 9.45. The zero-order valence-corrected chi connectivity index (χ0v) is 27.4. The van der Waals surface area contributed by atoms with Gasteiger partial charge in [-0.1, -0.05) is 106 Å². The largest absolute Gasteiger partial charge is 0.456 e. The lowest BCUT2D eigenvalue weighted by Crippen LogP contribution is -2.56. The lowest BCUT2D eigenvalue weighted by atomic mass is 9.44. The zero-order chi connectivity index (χ0) is 31.7. The van der Waals surface area contributed by atoms with Crippen molar-refractivity contribution in [3.05, 3.63) is 114 Å². The molecule has 0 bridgehead atoms. The average Bonchev–Trinajstić information content (AvgIpc) is 3.78. The van der Waals surface area contributed by atoms with Crippen molar-refractivity contribution in [2.45, 2.75) is 52.4 Å². The Bertz CT molecular complexity index is 2830. The average molecular weight is 619 g/mol. The molecule has 5 heterocycles. The monoisotopic (exact) mass is 618 g/mol. The number of aromatic nitrogens is 2. The fraction of sp³-hybridized carbons (Fsp3) is 0.182. The van der Waals surface area contributed by atoms with Crippen LogP contribution in [0.15, 0.2) is 108 Å². The van der Waals surface area contributed by atoms with Gasteiger partial charge in [0, 0.05) is 60.7 Å². The van der Waals surface area contributed by atoms with E-state index in [0.717, 1.165) is 24.0 Å². The summed E-state index contributed by atoms with van der Waals surface area (Å²) in [6.07, 6.45) is 6.93. The normalized spacial score (nSPS) is 13.2. The van der Waals surface area contributed by atoms with Gasteiger partial charge in [0.1, 0.15) is 11.2 Å². The first kappa shape index (κ1) is 26.8. The molecular weight excluding hydrogens is 583 g/mol. The van der Waals surface area contributed by atoms with E-state index in [2.05, 4.69) is 126 Å². The highest BCUT2D eigenvalue weighted by molar-refractivity contribution is 6.90. The van der Waals surface area contributed by atoms with Crippen LogP contribution in [-0.2, 0) is 12.8 Å². The van der Waals surface area contributed by atoms with Gasteiger partial charge < -0.3 is 13.5 Å². The number of unbranched alkanes of at least 4 members (excludes halogenated alkanes) is 2. The van der Waals surface area contributed by atoms with E-state index in [4.69, 9.17) is 4.42 Å². The van der Waals surface area contributed by atoms with Crippen molar-refractivity contribution in [1.29, 1.82) is 0 Å². The van der Waals surface area contributed by atoms with Crippen LogP contribution in [-0.4, -0.2) is 15.9 Å². The highest BCUT2D eigenvalue weighted by atomic mass is 16.3. The second-order valence-electron chi connectivity index (χ2n) is 14.1. The summed E-state index contributed by atoms with van der Waals surface area (Å²) in [5.74, 6) is 0. The summed E-state index contributed by atoms with van der Waals surface area (Å²) in [6, 6.07) is 39.1. The molecule has 0 radical (unpaired) electrons. The van der Waals surface area contributed by atoms with E-state index in [1.54, 1.807) is 0 Å². The molecule has 0 N–H and O–H groups in total. The standard InChI is InChI=1S/C44H35BN2O/c1-3-5-12-26-20-22-29-31-23-21-27(13-6-4-2)41-44(31)46(35(29)24-26)36-25-38-39(32-15-8-10-19-37(32)48-38)40-33-17-11-16-30-28-14-7-9-18-34(28)47(43(30)33)45(41)42(36)40/h7-11,14-25H,3-6,12-13H2,1-2H3. The molecule has 2 aliphatic rings. The van der Waals surface area contributed by atoms with E-state index >= 15 is 0 Å². The molecule has 3 aromatic heterocycles. The van der Waals surface area contributed by atoms with E-state index in [0.29, 0.717) is 0 Å². The van der Waals surface area contributed by atoms with Crippen LogP contribution in [0.3, 0.4) is 0 Å². The van der Waals surface area contributed by atoms with Crippen LogP contribution in [0.5, 0.6) is 0 Å². The number of aryl methyl sites for hydroxylation is 2. The summed E-state index contributed by atoms with van der Waals surface area (Å²) in [6.45, 7) is 4.65. The maximum Gasteiger partial charge on any atom is 0.333 e. The summed E-state index contributed by atoms with van der Waals surface area (Å²) in [5, 5.41) is 7.78. The molecule has 0 unspecified atom stereocenters. The van der Waals surface area contributed by atoms with Gasteiger partial charge in [0.15, 0.2) is 0 Å². The van der Waals surface area contributed by atoms with Gasteiger partial charge in [-0.25, -0.2) is 0 Å². The molecular formula is C44H35BN2O. The molecule has 0 atom stereocenters. The lowest BCUT2D eigenvalue weighted by Gasteiger charge is -2.35. The molecule has 11 rings (SSSR count). The number of fused-ring (bicyclic) bond motifs is 14. The Morgan fingerprint density at radius 1 is 0.604 bits per heavy atom. The van der Waals surface area contributed by atoms with Crippen molar-refractivity contribution in [3.8, 4) is 16.8 Å². The number of nitrogens with zero attached hydrogens (tertiary/aromatic N) is 2. The number of hydrogen-bond donors (Lipinski definition) is 0. The number of benzene rings is 6. The first-order chi connectivity index (χ1) is 23.8. The molecule has 6 aromatic carbocycles. The fourth-order valence-corrected chi connectivity index (χ4v) is 9.45. The summed E-state index contributed by atoms with van der Waals surface area (Å²) < 4.78 is 12.1. The highest BCUT2D eigenvalue weighted by Gasteiger charge is 2.43. The van der Waals surface area contributed by atoms with Crippen molar-refractivity contribution in [1.82, 2.24) is 9.05 Å². The minimum absolute atomic E-state index is 0.0530. The maximum absolute atomic E-state index is 6.77. The quantitative estimate of drug-likeness (QED) is 0.170. The second-order valence-corrected chi connectivity index (χ2v) is 14.1. The number of hydrogen-bond acceptors (Lipinski definition) is 1. The number of rotatable bonds is 6. The highest BCUT2D eigenvalue weighted by Crippen LogP contribution is 2.47. The number of furan rings is 1. The minimum atomic E-state index is 0.0530. The molecule has 0 amide bonds. The van der Waals surface area contributed by atoms with E-state index in [1.165, 1.54) is 119 Å². The van der Waals surface area contributed by atoms with Gasteiger partial charge in [-0.15, -0.1) is 0 Å². The van der Waals surface area contributed by atoms with Crippen LogP contribution in [0.25, 0.3) is 82.4 Å². The van der Waals surface area contributed by atoms with Crippen LogP contribution in [0.4, 0.5) is 0 Å². The van der Waals surface area contributed by atoms with Crippen molar-refractivity contribution in [3.63, 3.8) is 0 Å². The molecule has 0 spiro atoms. The molecule has 0 saturated carbocycles. The van der Waals surface area contributed by atoms with Crippen molar-refractivity contribution < 1.29 is 4.42 Å². The predicted molar refractivity (Wildman–Crippen MR) is 204 cm³/mol. The Balaban J connectivity index is 1.41. The maximum atomic E-state index is 6.77. The number of para-hydroxylation sites is 3. The summed E-state index contributed by atoms with van der Waals surface area (Å²) in [4.78, 5) is 0. The third-order valence-corrected chi connectivity index (χ3v) is 11.5. The molecule has 3 nitrogen and oxygen atoms in total. The summed E-state index contributed by atoms with van der Waals surface area (Å²) >= 11 is 0. The Morgan fingerprint density at radius 3 is 2.25 bits per heavy atom. The molecule has 0 saturated heterocycles. The zero-order valence-electron chi connectivity index (χ0n) is 27.4. The van der Waals surface area contributed by atoms with Gasteiger partial charge in [0.2, 0.25) is 0 Å². The van der Waals surface area contributed by atoms with Crippen molar-refractivity contribution >= 4 is 83.3 Å². The van der Waals surface area contributed by atoms with Crippen LogP contribution in [0.1, 0.15) is 50.7 Å². The molecule has 48 heavy (non-hydrogen) atoms. The topological polar surface area (TPSA) is 23.0 Å². The first-order valence-electron chi connectivity index (χ1n) is 17.9. The Labute approximate surface area is 279 Å². The Kier molecular flexibility index (Phi) is 5.40. The third kappa shape index (κ3) is 3.26. The van der Waals surface area contributed by atoms with Crippen LogP contribution >= 0.6 is 0 Å². The summed E-state index contributed by atoms with van der Waals surface area (Å²) in [7, 11) is 0. The van der Waals surface area contributed by atoms with Gasteiger partial charge in [0.05, 0.1) is 11.0 Å². The summed E-state index contributed by atoms with van der Waals surface area (Å²) in [5.41, 5.74) is 16.9. The predicted octanol–water partition coefficient (Wildman–Crippen LogP) is 10.4. The Hall–Kier alpha value is -5.22. The minimum Gasteiger partial charge on any atom is -0.456 e. The third-order valence-electron chi connectivity index (χ3n) is 11.5. The Morgan fingerprint density at radius 2 is 1.35 bits per heavy atom. The molecule has 4 heteroatoms. The van der Waals surface area contributed by atoms with E-state index in [9.17, 15) is 0 Å². The van der Waals surface area contributed by atoms with E-state index < -0.39 is 0 Å². The van der Waals surface area contributed by atoms with E-state index in [1.807, 2.05) is 0 Å². The van der Waals surface area contributed by atoms with Gasteiger partial charge in [-0.05, 0) is 71.5 Å².